The molecule has 0 saturated carbocycles. The van der Waals surface area contributed by atoms with Gasteiger partial charge in [-0.15, -0.1) is 0 Å². The van der Waals surface area contributed by atoms with Gasteiger partial charge in [0.05, 0.1) is 6.04 Å². The van der Waals surface area contributed by atoms with Crippen molar-refractivity contribution in [2.45, 2.75) is 19.5 Å². The lowest BCUT2D eigenvalue weighted by molar-refractivity contribution is 0.105. The largest absolute Gasteiger partial charge is 0.297 e. The van der Waals surface area contributed by atoms with E-state index in [0.717, 1.165) is 37.7 Å². The van der Waals surface area contributed by atoms with E-state index in [1.165, 1.54) is 16.7 Å². The SMILES string of the molecule is Cc1cc(CN2CCN(C(c3ccccc3)c3ccc(Cl)cc3)CC2)ccc1F. The summed E-state index contributed by atoms with van der Waals surface area (Å²) < 4.78 is 13.5. The molecule has 150 valence electrons. The zero-order valence-corrected chi connectivity index (χ0v) is 17.4. The smallest absolute Gasteiger partial charge is 0.126 e. The van der Waals surface area contributed by atoms with Crippen molar-refractivity contribution >= 4 is 11.6 Å². The molecule has 1 atom stereocenters. The molecule has 1 fully saturated rings. The summed E-state index contributed by atoms with van der Waals surface area (Å²) in [5.41, 5.74) is 4.46. The Hall–Kier alpha value is -2.20. The quantitative estimate of drug-likeness (QED) is 0.534. The molecule has 29 heavy (non-hydrogen) atoms. The second kappa shape index (κ2) is 9.08. The zero-order chi connectivity index (χ0) is 20.2. The van der Waals surface area contributed by atoms with Crippen molar-refractivity contribution in [2.75, 3.05) is 26.2 Å². The number of hydrogen-bond acceptors (Lipinski definition) is 2. The number of nitrogens with zero attached hydrogens (tertiary/aromatic N) is 2. The van der Waals surface area contributed by atoms with E-state index < -0.39 is 0 Å². The van der Waals surface area contributed by atoms with Crippen LogP contribution in [0.25, 0.3) is 0 Å². The molecule has 3 aromatic rings. The van der Waals surface area contributed by atoms with Crippen molar-refractivity contribution in [1.29, 1.82) is 0 Å². The monoisotopic (exact) mass is 408 g/mol. The van der Waals surface area contributed by atoms with Crippen molar-refractivity contribution in [2.24, 2.45) is 0 Å². The first-order valence-corrected chi connectivity index (χ1v) is 10.5. The average molecular weight is 409 g/mol. The van der Waals surface area contributed by atoms with Crippen LogP contribution in [-0.2, 0) is 6.54 Å². The van der Waals surface area contributed by atoms with Crippen LogP contribution >= 0.6 is 11.6 Å². The van der Waals surface area contributed by atoms with E-state index >= 15 is 0 Å². The van der Waals surface area contributed by atoms with E-state index in [0.29, 0.717) is 5.56 Å². The van der Waals surface area contributed by atoms with E-state index in [9.17, 15) is 4.39 Å². The van der Waals surface area contributed by atoms with Crippen LogP contribution in [0.1, 0.15) is 28.3 Å². The van der Waals surface area contributed by atoms with E-state index in [1.54, 1.807) is 6.07 Å². The van der Waals surface area contributed by atoms with Gasteiger partial charge in [0.1, 0.15) is 5.82 Å². The molecule has 0 bridgehead atoms. The third kappa shape index (κ3) is 4.87. The molecular formula is C25H26ClFN2. The molecule has 2 nitrogen and oxygen atoms in total. The van der Waals surface area contributed by atoms with Gasteiger partial charge in [-0.1, -0.05) is 66.2 Å². The van der Waals surface area contributed by atoms with Gasteiger partial charge in [-0.3, -0.25) is 9.80 Å². The van der Waals surface area contributed by atoms with Crippen LogP contribution in [0, 0.1) is 12.7 Å². The van der Waals surface area contributed by atoms with Gasteiger partial charge in [-0.2, -0.15) is 0 Å². The number of rotatable bonds is 5. The van der Waals surface area contributed by atoms with Crippen LogP contribution in [0.5, 0.6) is 0 Å². The molecule has 0 amide bonds. The number of halogens is 2. The second-order valence-electron chi connectivity index (χ2n) is 7.76. The van der Waals surface area contributed by atoms with Crippen molar-refractivity contribution in [3.05, 3.63) is 106 Å². The Morgan fingerprint density at radius 3 is 2.17 bits per heavy atom. The molecule has 4 rings (SSSR count). The lowest BCUT2D eigenvalue weighted by atomic mass is 9.96. The van der Waals surface area contributed by atoms with Crippen molar-refractivity contribution < 1.29 is 4.39 Å². The molecule has 3 aromatic carbocycles. The van der Waals surface area contributed by atoms with Gasteiger partial charge in [0.15, 0.2) is 0 Å². The Bertz CT molecular complexity index is 935. The Morgan fingerprint density at radius 1 is 0.862 bits per heavy atom. The molecule has 1 saturated heterocycles. The van der Waals surface area contributed by atoms with Crippen LogP contribution in [0.2, 0.25) is 5.02 Å². The third-order valence-electron chi connectivity index (χ3n) is 5.70. The van der Waals surface area contributed by atoms with Crippen LogP contribution < -0.4 is 0 Å². The minimum atomic E-state index is -0.132. The molecule has 0 spiro atoms. The third-order valence-corrected chi connectivity index (χ3v) is 5.95. The van der Waals surface area contributed by atoms with Crippen molar-refractivity contribution in [1.82, 2.24) is 9.80 Å². The van der Waals surface area contributed by atoms with Gasteiger partial charge in [0.25, 0.3) is 0 Å². The number of aryl methyl sites for hydroxylation is 1. The minimum Gasteiger partial charge on any atom is -0.297 e. The van der Waals surface area contributed by atoms with Crippen molar-refractivity contribution in [3.63, 3.8) is 0 Å². The van der Waals surface area contributed by atoms with Gasteiger partial charge in [-0.25, -0.2) is 4.39 Å². The summed E-state index contributed by atoms with van der Waals surface area (Å²) in [6.45, 7) is 6.66. The summed E-state index contributed by atoms with van der Waals surface area (Å²) in [4.78, 5) is 5.00. The zero-order valence-electron chi connectivity index (χ0n) is 16.7. The summed E-state index contributed by atoms with van der Waals surface area (Å²) in [6.07, 6.45) is 0. The fraction of sp³-hybridized carbons (Fsp3) is 0.280. The topological polar surface area (TPSA) is 6.48 Å². The van der Waals surface area contributed by atoms with Crippen LogP contribution in [0.4, 0.5) is 4.39 Å². The predicted octanol–water partition coefficient (Wildman–Crippen LogP) is 5.69. The minimum absolute atomic E-state index is 0.132. The van der Waals surface area contributed by atoms with E-state index in [4.69, 9.17) is 11.6 Å². The number of hydrogen-bond donors (Lipinski definition) is 0. The molecule has 1 aliphatic rings. The first-order chi connectivity index (χ1) is 14.1. The Labute approximate surface area is 177 Å². The Balaban J connectivity index is 1.48. The van der Waals surface area contributed by atoms with Crippen molar-refractivity contribution in [3.8, 4) is 0 Å². The Morgan fingerprint density at radius 2 is 1.52 bits per heavy atom. The van der Waals surface area contributed by atoms with Gasteiger partial charge < -0.3 is 0 Å². The second-order valence-corrected chi connectivity index (χ2v) is 8.20. The summed E-state index contributed by atoms with van der Waals surface area (Å²) in [5.74, 6) is -0.132. The molecule has 1 aliphatic heterocycles. The van der Waals surface area contributed by atoms with Gasteiger partial charge in [0, 0.05) is 37.7 Å². The first-order valence-electron chi connectivity index (χ1n) is 10.1. The highest BCUT2D eigenvalue weighted by molar-refractivity contribution is 6.30. The highest BCUT2D eigenvalue weighted by Crippen LogP contribution is 2.30. The molecular weight excluding hydrogens is 383 g/mol. The van der Waals surface area contributed by atoms with Gasteiger partial charge >= 0.3 is 0 Å². The molecule has 0 aliphatic carbocycles. The summed E-state index contributed by atoms with van der Waals surface area (Å²) >= 11 is 6.12. The maximum Gasteiger partial charge on any atom is 0.126 e. The fourth-order valence-corrected chi connectivity index (χ4v) is 4.26. The maximum atomic E-state index is 13.5. The maximum absolute atomic E-state index is 13.5. The highest BCUT2D eigenvalue weighted by atomic mass is 35.5. The molecule has 0 aromatic heterocycles. The molecule has 0 radical (unpaired) electrons. The molecule has 0 N–H and O–H groups in total. The number of piperazine rings is 1. The summed E-state index contributed by atoms with van der Waals surface area (Å²) in [5, 5.41) is 0.764. The lowest BCUT2D eigenvalue weighted by Gasteiger charge is -2.40. The summed E-state index contributed by atoms with van der Waals surface area (Å²) in [6, 6.07) is 24.5. The average Bonchev–Trinajstić information content (AvgIpc) is 2.74. The van der Waals surface area contributed by atoms with E-state index in [-0.39, 0.29) is 11.9 Å². The molecule has 1 unspecified atom stereocenters. The fourth-order valence-electron chi connectivity index (χ4n) is 4.14. The molecule has 4 heteroatoms. The predicted molar refractivity (Wildman–Crippen MR) is 118 cm³/mol. The van der Waals surface area contributed by atoms with Crippen LogP contribution in [-0.4, -0.2) is 36.0 Å². The van der Waals surface area contributed by atoms with Gasteiger partial charge in [0.2, 0.25) is 0 Å². The van der Waals surface area contributed by atoms with E-state index in [1.807, 2.05) is 31.2 Å². The normalized spacial score (nSPS) is 16.7. The van der Waals surface area contributed by atoms with Crippen LogP contribution in [0.15, 0.2) is 72.8 Å². The highest BCUT2D eigenvalue weighted by Gasteiger charge is 2.26. The number of benzene rings is 3. The standard InChI is InChI=1S/C25H26ClFN2/c1-19-17-20(7-12-24(19)27)18-28-13-15-29(16-14-28)25(21-5-3-2-4-6-21)22-8-10-23(26)11-9-22/h2-12,17,25H,13-16,18H2,1H3. The van der Waals surface area contributed by atoms with E-state index in [2.05, 4.69) is 52.3 Å². The van der Waals surface area contributed by atoms with Crippen LogP contribution in [0.3, 0.4) is 0 Å². The Kier molecular flexibility index (Phi) is 6.29. The first kappa shape index (κ1) is 20.1. The van der Waals surface area contributed by atoms with Gasteiger partial charge in [-0.05, 0) is 47.4 Å². The summed E-state index contributed by atoms with van der Waals surface area (Å²) in [7, 11) is 0. The lowest BCUT2D eigenvalue weighted by Crippen LogP contribution is -2.47. The molecule has 1 heterocycles.